The average molecular weight is 255 g/mol. The van der Waals surface area contributed by atoms with E-state index in [1.807, 2.05) is 11.8 Å². The first-order valence-corrected chi connectivity index (χ1v) is 7.27. The van der Waals surface area contributed by atoms with Crippen molar-refractivity contribution in [2.45, 2.75) is 29.1 Å². The van der Waals surface area contributed by atoms with Crippen LogP contribution >= 0.6 is 11.8 Å². The first-order chi connectivity index (χ1) is 8.88. The molecular weight excluding hydrogens is 238 g/mol. The van der Waals surface area contributed by atoms with Crippen LogP contribution in [0.5, 0.6) is 0 Å². The van der Waals surface area contributed by atoms with Crippen molar-refractivity contribution in [1.82, 2.24) is 0 Å². The first kappa shape index (κ1) is 11.8. The quantitative estimate of drug-likeness (QED) is 0.773. The lowest BCUT2D eigenvalue weighted by molar-refractivity contribution is 0.817. The van der Waals surface area contributed by atoms with Crippen molar-refractivity contribution in [2.75, 3.05) is 6.54 Å². The van der Waals surface area contributed by atoms with Crippen molar-refractivity contribution < 1.29 is 0 Å². The summed E-state index contributed by atoms with van der Waals surface area (Å²) in [4.78, 5) is 2.82. The number of nitrogens with two attached hydrogens (primary N) is 1. The van der Waals surface area contributed by atoms with E-state index in [2.05, 4.69) is 42.5 Å². The van der Waals surface area contributed by atoms with Crippen molar-refractivity contribution in [3.8, 4) is 0 Å². The van der Waals surface area contributed by atoms with Crippen LogP contribution in [0.15, 0.2) is 52.3 Å². The number of benzene rings is 2. The Bertz CT molecular complexity index is 563. The Hall–Kier alpha value is -1.25. The molecule has 0 unspecified atom stereocenters. The second kappa shape index (κ2) is 5.17. The zero-order chi connectivity index (χ0) is 12.4. The maximum Gasteiger partial charge on any atom is 0.0160 e. The molecule has 0 atom stereocenters. The highest BCUT2D eigenvalue weighted by Gasteiger charge is 2.17. The highest BCUT2D eigenvalue weighted by Crippen LogP contribution is 2.40. The van der Waals surface area contributed by atoms with Gasteiger partial charge >= 0.3 is 0 Å². The van der Waals surface area contributed by atoms with Gasteiger partial charge < -0.3 is 5.73 Å². The monoisotopic (exact) mass is 255 g/mol. The molecule has 1 aliphatic rings. The Morgan fingerprint density at radius 3 is 2.72 bits per heavy atom. The molecule has 1 nitrogen and oxygen atoms in total. The summed E-state index contributed by atoms with van der Waals surface area (Å²) >= 11 is 1.90. The Kier molecular flexibility index (Phi) is 3.39. The third kappa shape index (κ3) is 2.18. The topological polar surface area (TPSA) is 26.0 Å². The van der Waals surface area contributed by atoms with Crippen LogP contribution in [-0.2, 0) is 12.8 Å². The molecule has 0 aromatic heterocycles. The van der Waals surface area contributed by atoms with E-state index in [4.69, 9.17) is 5.73 Å². The lowest BCUT2D eigenvalue weighted by atomic mass is 9.96. The van der Waals surface area contributed by atoms with Gasteiger partial charge in [-0.25, -0.2) is 0 Å². The molecule has 0 fully saturated rings. The third-order valence-electron chi connectivity index (χ3n) is 3.44. The van der Waals surface area contributed by atoms with E-state index in [1.165, 1.54) is 26.5 Å². The second-order valence-electron chi connectivity index (χ2n) is 4.67. The van der Waals surface area contributed by atoms with Gasteiger partial charge in [0.05, 0.1) is 0 Å². The Morgan fingerprint density at radius 1 is 1.00 bits per heavy atom. The zero-order valence-corrected chi connectivity index (χ0v) is 11.2. The summed E-state index contributed by atoms with van der Waals surface area (Å²) in [5, 5.41) is 0. The van der Waals surface area contributed by atoms with Crippen LogP contribution in [-0.4, -0.2) is 6.54 Å². The fraction of sp³-hybridized carbons (Fsp3) is 0.250. The molecule has 1 aliphatic heterocycles. The van der Waals surface area contributed by atoms with E-state index in [1.54, 1.807) is 0 Å². The molecule has 0 spiro atoms. The molecule has 0 saturated carbocycles. The van der Waals surface area contributed by atoms with Crippen molar-refractivity contribution in [3.05, 3.63) is 59.2 Å². The fourth-order valence-corrected chi connectivity index (χ4v) is 3.62. The maximum atomic E-state index is 5.62. The number of hydrogen-bond donors (Lipinski definition) is 1. The minimum absolute atomic E-state index is 0.771. The highest BCUT2D eigenvalue weighted by molar-refractivity contribution is 7.99. The van der Waals surface area contributed by atoms with Gasteiger partial charge in [-0.3, -0.25) is 0 Å². The molecule has 2 aromatic rings. The van der Waals surface area contributed by atoms with Crippen LogP contribution in [0.25, 0.3) is 0 Å². The molecule has 18 heavy (non-hydrogen) atoms. The van der Waals surface area contributed by atoms with Gasteiger partial charge in [-0.15, -0.1) is 0 Å². The SMILES string of the molecule is NCCCc1cccc2c1Cc1ccccc1S2. The Labute approximate surface area is 112 Å². The summed E-state index contributed by atoms with van der Waals surface area (Å²) in [6.07, 6.45) is 3.24. The molecule has 92 valence electrons. The third-order valence-corrected chi connectivity index (χ3v) is 4.66. The zero-order valence-electron chi connectivity index (χ0n) is 10.4. The van der Waals surface area contributed by atoms with Gasteiger partial charge in [0, 0.05) is 9.79 Å². The predicted octanol–water partition coefficient (Wildman–Crippen LogP) is 3.63. The lowest BCUT2D eigenvalue weighted by Crippen LogP contribution is -2.06. The van der Waals surface area contributed by atoms with Gasteiger partial charge in [-0.2, -0.15) is 0 Å². The van der Waals surface area contributed by atoms with E-state index in [0.717, 1.165) is 25.8 Å². The predicted molar refractivity (Wildman–Crippen MR) is 77.2 cm³/mol. The van der Waals surface area contributed by atoms with Gasteiger partial charge in [-0.1, -0.05) is 42.1 Å². The summed E-state index contributed by atoms with van der Waals surface area (Å²) in [6.45, 7) is 0.771. The van der Waals surface area contributed by atoms with Crippen molar-refractivity contribution in [2.24, 2.45) is 5.73 Å². The van der Waals surface area contributed by atoms with Crippen LogP contribution in [0.1, 0.15) is 23.1 Å². The van der Waals surface area contributed by atoms with Crippen molar-refractivity contribution >= 4 is 11.8 Å². The molecule has 2 N–H and O–H groups in total. The molecule has 0 aliphatic carbocycles. The second-order valence-corrected chi connectivity index (χ2v) is 5.76. The molecule has 3 rings (SSSR count). The van der Waals surface area contributed by atoms with Gasteiger partial charge in [0.15, 0.2) is 0 Å². The van der Waals surface area contributed by atoms with E-state index < -0.39 is 0 Å². The summed E-state index contributed by atoms with van der Waals surface area (Å²) in [5.74, 6) is 0. The van der Waals surface area contributed by atoms with Gasteiger partial charge in [0.2, 0.25) is 0 Å². The van der Waals surface area contributed by atoms with Gasteiger partial charge in [0.1, 0.15) is 0 Å². The van der Waals surface area contributed by atoms with Crippen LogP contribution < -0.4 is 5.73 Å². The van der Waals surface area contributed by atoms with Crippen LogP contribution in [0.2, 0.25) is 0 Å². The molecule has 0 radical (unpaired) electrons. The molecular formula is C16H17NS. The first-order valence-electron chi connectivity index (χ1n) is 6.45. The van der Waals surface area contributed by atoms with Gasteiger partial charge in [0.25, 0.3) is 0 Å². The maximum absolute atomic E-state index is 5.62. The summed E-state index contributed by atoms with van der Waals surface area (Å²) in [5.41, 5.74) is 10.1. The van der Waals surface area contributed by atoms with E-state index >= 15 is 0 Å². The largest absolute Gasteiger partial charge is 0.330 e. The van der Waals surface area contributed by atoms with E-state index in [-0.39, 0.29) is 0 Å². The van der Waals surface area contributed by atoms with Crippen molar-refractivity contribution in [3.63, 3.8) is 0 Å². The Morgan fingerprint density at radius 2 is 1.83 bits per heavy atom. The van der Waals surface area contributed by atoms with Gasteiger partial charge in [-0.05, 0) is 54.6 Å². The lowest BCUT2D eigenvalue weighted by Gasteiger charge is -2.21. The highest BCUT2D eigenvalue weighted by atomic mass is 32.2. The molecule has 2 heteroatoms. The normalized spacial score (nSPS) is 12.9. The molecule has 0 saturated heterocycles. The molecule has 0 amide bonds. The minimum atomic E-state index is 0.771. The number of fused-ring (bicyclic) bond motifs is 2. The summed E-state index contributed by atoms with van der Waals surface area (Å²) in [6, 6.07) is 15.4. The molecule has 2 aromatic carbocycles. The number of rotatable bonds is 3. The molecule has 0 bridgehead atoms. The fourth-order valence-electron chi connectivity index (χ4n) is 2.49. The summed E-state index contributed by atoms with van der Waals surface area (Å²) in [7, 11) is 0. The smallest absolute Gasteiger partial charge is 0.0160 e. The van der Waals surface area contributed by atoms with E-state index in [0.29, 0.717) is 0 Å². The van der Waals surface area contributed by atoms with Crippen molar-refractivity contribution in [1.29, 1.82) is 0 Å². The van der Waals surface area contributed by atoms with E-state index in [9.17, 15) is 0 Å². The van der Waals surface area contributed by atoms with Crippen LogP contribution in [0.4, 0.5) is 0 Å². The van der Waals surface area contributed by atoms with Crippen LogP contribution in [0, 0.1) is 0 Å². The molecule has 1 heterocycles. The Balaban J connectivity index is 1.97. The minimum Gasteiger partial charge on any atom is -0.330 e. The number of aryl methyl sites for hydroxylation is 1. The number of hydrogen-bond acceptors (Lipinski definition) is 2. The standard InChI is InChI=1S/C16H17NS/c17-10-4-7-12-6-3-9-16-14(12)11-13-5-1-2-8-15(13)18-16/h1-3,5-6,8-9H,4,7,10-11,17H2. The average Bonchev–Trinajstić information content (AvgIpc) is 2.43. The van der Waals surface area contributed by atoms with Crippen LogP contribution in [0.3, 0.4) is 0 Å². The summed E-state index contributed by atoms with van der Waals surface area (Å²) < 4.78 is 0.